The molecule has 0 amide bonds. The van der Waals surface area contributed by atoms with Crippen LogP contribution in [0.15, 0.2) is 43.0 Å². The zero-order chi connectivity index (χ0) is 12.3. The summed E-state index contributed by atoms with van der Waals surface area (Å²) in [5.74, 6) is 0. The second-order valence-electron chi connectivity index (χ2n) is 4.17. The van der Waals surface area contributed by atoms with Crippen molar-refractivity contribution in [1.29, 1.82) is 10.5 Å². The first-order valence-electron chi connectivity index (χ1n) is 5.50. The van der Waals surface area contributed by atoms with Crippen LogP contribution < -0.4 is 0 Å². The van der Waals surface area contributed by atoms with Crippen LogP contribution in [-0.2, 0) is 5.41 Å². The summed E-state index contributed by atoms with van der Waals surface area (Å²) in [5.41, 5.74) is 1.93. The van der Waals surface area contributed by atoms with Crippen LogP contribution in [0.3, 0.4) is 0 Å². The van der Waals surface area contributed by atoms with Crippen LogP contribution in [0.1, 0.15) is 24.0 Å². The van der Waals surface area contributed by atoms with E-state index in [-0.39, 0.29) is 0 Å². The smallest absolute Gasteiger partial charge is 0.0994 e. The lowest BCUT2D eigenvalue weighted by molar-refractivity contribution is 0.559. The molecule has 0 saturated heterocycles. The number of nitrogens with zero attached hydrogens (tertiary/aromatic N) is 2. The summed E-state index contributed by atoms with van der Waals surface area (Å²) < 4.78 is 0. The maximum absolute atomic E-state index is 9.47. The minimum Gasteiger partial charge on any atom is -0.197 e. The third kappa shape index (κ3) is 1.65. The van der Waals surface area contributed by atoms with E-state index in [4.69, 9.17) is 5.26 Å². The van der Waals surface area contributed by atoms with E-state index in [9.17, 15) is 5.26 Å². The molecule has 0 aliphatic heterocycles. The van der Waals surface area contributed by atoms with Crippen molar-refractivity contribution in [2.24, 2.45) is 0 Å². The minimum atomic E-state index is -0.557. The van der Waals surface area contributed by atoms with E-state index in [1.807, 2.05) is 30.3 Å². The fourth-order valence-electron chi connectivity index (χ4n) is 2.33. The number of rotatable bonds is 2. The second kappa shape index (κ2) is 4.28. The van der Waals surface area contributed by atoms with Gasteiger partial charge in [0.1, 0.15) is 0 Å². The molecule has 0 saturated carbocycles. The fraction of sp³-hybridized carbons (Fsp3) is 0.200. The Balaban J connectivity index is 2.66. The zero-order valence-corrected chi connectivity index (χ0v) is 9.48. The molecule has 2 nitrogen and oxygen atoms in total. The molecule has 1 aromatic rings. The lowest BCUT2D eigenvalue weighted by Crippen LogP contribution is -2.26. The van der Waals surface area contributed by atoms with Crippen molar-refractivity contribution in [3.8, 4) is 12.1 Å². The third-order valence-corrected chi connectivity index (χ3v) is 3.21. The molecule has 1 aromatic carbocycles. The van der Waals surface area contributed by atoms with Gasteiger partial charge in [-0.05, 0) is 24.0 Å². The summed E-state index contributed by atoms with van der Waals surface area (Å²) in [6.45, 7) is 3.72. The average Bonchev–Trinajstić information content (AvgIpc) is 2.39. The summed E-state index contributed by atoms with van der Waals surface area (Å²) in [6.07, 6.45) is 4.81. The number of benzene rings is 1. The second-order valence-corrected chi connectivity index (χ2v) is 4.17. The molecular formula is C15H12N2. The maximum atomic E-state index is 9.47. The highest BCUT2D eigenvalue weighted by Gasteiger charge is 2.35. The summed E-state index contributed by atoms with van der Waals surface area (Å²) in [5, 5.41) is 18.6. The van der Waals surface area contributed by atoms with Gasteiger partial charge in [0.2, 0.25) is 0 Å². The van der Waals surface area contributed by atoms with Crippen LogP contribution in [0.4, 0.5) is 0 Å². The van der Waals surface area contributed by atoms with Crippen molar-refractivity contribution in [3.63, 3.8) is 0 Å². The van der Waals surface area contributed by atoms with Gasteiger partial charge in [0.05, 0.1) is 23.1 Å². The van der Waals surface area contributed by atoms with Gasteiger partial charge in [-0.2, -0.15) is 10.5 Å². The van der Waals surface area contributed by atoms with E-state index < -0.39 is 5.41 Å². The van der Waals surface area contributed by atoms with Crippen molar-refractivity contribution in [2.75, 3.05) is 0 Å². The normalized spacial score (nSPS) is 21.6. The zero-order valence-electron chi connectivity index (χ0n) is 9.48. The molecule has 2 rings (SSSR count). The molecule has 1 aliphatic rings. The fourth-order valence-corrected chi connectivity index (χ4v) is 2.33. The highest BCUT2D eigenvalue weighted by Crippen LogP contribution is 2.41. The first kappa shape index (κ1) is 11.2. The van der Waals surface area contributed by atoms with Crippen molar-refractivity contribution >= 4 is 5.57 Å². The number of fused-ring (bicyclic) bond motifs is 1. The SMILES string of the molecule is C=CCC1(C#N)CC=C(C#N)c2ccccc21. The van der Waals surface area contributed by atoms with Gasteiger partial charge in [0.15, 0.2) is 0 Å². The third-order valence-electron chi connectivity index (χ3n) is 3.21. The Kier molecular flexibility index (Phi) is 2.81. The summed E-state index contributed by atoms with van der Waals surface area (Å²) in [7, 11) is 0. The van der Waals surface area contributed by atoms with E-state index in [1.165, 1.54) is 0 Å². The van der Waals surface area contributed by atoms with Gasteiger partial charge in [0.25, 0.3) is 0 Å². The number of allylic oxidation sites excluding steroid dienone is 3. The largest absolute Gasteiger partial charge is 0.197 e. The predicted molar refractivity (Wildman–Crippen MR) is 66.8 cm³/mol. The molecule has 0 spiro atoms. The number of hydrogen-bond acceptors (Lipinski definition) is 2. The molecule has 1 unspecified atom stereocenters. The molecule has 1 aliphatic carbocycles. The quantitative estimate of drug-likeness (QED) is 0.717. The van der Waals surface area contributed by atoms with Crippen LogP contribution in [0.5, 0.6) is 0 Å². The van der Waals surface area contributed by atoms with Gasteiger partial charge in [-0.15, -0.1) is 6.58 Å². The molecule has 0 aromatic heterocycles. The Bertz CT molecular complexity index is 569. The molecule has 1 atom stereocenters. The van der Waals surface area contributed by atoms with Crippen molar-refractivity contribution < 1.29 is 0 Å². The first-order chi connectivity index (χ1) is 8.27. The van der Waals surface area contributed by atoms with Gasteiger partial charge >= 0.3 is 0 Å². The van der Waals surface area contributed by atoms with Crippen LogP contribution in [-0.4, -0.2) is 0 Å². The molecule has 82 valence electrons. The van der Waals surface area contributed by atoms with Crippen molar-refractivity contribution in [3.05, 3.63) is 54.1 Å². The Morgan fingerprint density at radius 3 is 2.76 bits per heavy atom. The lowest BCUT2D eigenvalue weighted by Gasteiger charge is -2.30. The molecule has 0 N–H and O–H groups in total. The lowest BCUT2D eigenvalue weighted by atomic mass is 9.70. The summed E-state index contributed by atoms with van der Waals surface area (Å²) >= 11 is 0. The minimum absolute atomic E-state index is 0.557. The van der Waals surface area contributed by atoms with E-state index in [2.05, 4.69) is 18.7 Å². The van der Waals surface area contributed by atoms with E-state index in [1.54, 1.807) is 6.08 Å². The van der Waals surface area contributed by atoms with Crippen molar-refractivity contribution in [2.45, 2.75) is 18.3 Å². The highest BCUT2D eigenvalue weighted by atomic mass is 14.4. The van der Waals surface area contributed by atoms with Crippen LogP contribution in [0.2, 0.25) is 0 Å². The monoisotopic (exact) mass is 220 g/mol. The molecule has 0 heterocycles. The van der Waals surface area contributed by atoms with E-state index in [0.29, 0.717) is 18.4 Å². The van der Waals surface area contributed by atoms with Gasteiger partial charge in [-0.25, -0.2) is 0 Å². The van der Waals surface area contributed by atoms with Crippen molar-refractivity contribution in [1.82, 2.24) is 0 Å². The standard InChI is InChI=1S/C15H12N2/c1-2-8-15(11-17)9-7-12(10-16)13-5-3-4-6-14(13)15/h2-7H,1,8-9H2. The van der Waals surface area contributed by atoms with Crippen LogP contribution in [0, 0.1) is 22.7 Å². The molecule has 0 bridgehead atoms. The Morgan fingerprint density at radius 1 is 1.35 bits per heavy atom. The Labute approximate surface area is 101 Å². The van der Waals surface area contributed by atoms with Gasteiger partial charge in [-0.1, -0.05) is 36.4 Å². The topological polar surface area (TPSA) is 47.6 Å². The average molecular weight is 220 g/mol. The number of nitriles is 2. The molecule has 0 fully saturated rings. The highest BCUT2D eigenvalue weighted by molar-refractivity contribution is 5.81. The van der Waals surface area contributed by atoms with Gasteiger partial charge in [0, 0.05) is 0 Å². The van der Waals surface area contributed by atoms with Gasteiger partial charge in [-0.3, -0.25) is 0 Å². The summed E-state index contributed by atoms with van der Waals surface area (Å²) in [6, 6.07) is 12.2. The van der Waals surface area contributed by atoms with Crippen LogP contribution in [0.25, 0.3) is 5.57 Å². The first-order valence-corrected chi connectivity index (χ1v) is 5.50. The van der Waals surface area contributed by atoms with E-state index in [0.717, 1.165) is 11.1 Å². The predicted octanol–water partition coefficient (Wildman–Crippen LogP) is 3.33. The van der Waals surface area contributed by atoms with Crippen LogP contribution >= 0.6 is 0 Å². The molecular weight excluding hydrogens is 208 g/mol. The molecule has 2 heteroatoms. The van der Waals surface area contributed by atoms with E-state index >= 15 is 0 Å². The number of hydrogen-bond donors (Lipinski definition) is 0. The van der Waals surface area contributed by atoms with Gasteiger partial charge < -0.3 is 0 Å². The maximum Gasteiger partial charge on any atom is 0.0994 e. The summed E-state index contributed by atoms with van der Waals surface area (Å²) in [4.78, 5) is 0. The Morgan fingerprint density at radius 2 is 2.12 bits per heavy atom. The molecule has 0 radical (unpaired) electrons. The Hall–Kier alpha value is -2.32. The molecule has 17 heavy (non-hydrogen) atoms.